The third kappa shape index (κ3) is 4.95. The van der Waals surface area contributed by atoms with E-state index in [1.165, 1.54) is 18.2 Å². The lowest BCUT2D eigenvalue weighted by Gasteiger charge is -2.27. The lowest BCUT2D eigenvalue weighted by molar-refractivity contribution is -0.113. The summed E-state index contributed by atoms with van der Waals surface area (Å²) in [4.78, 5) is 15.2. The number of hydrogen-bond donors (Lipinski definition) is 1. The number of hydrogen-bond acceptors (Lipinski definition) is 6. The van der Waals surface area contributed by atoms with Crippen molar-refractivity contribution < 1.29 is 4.79 Å². The highest BCUT2D eigenvalue weighted by atomic mass is 32.2. The van der Waals surface area contributed by atoms with Crippen LogP contribution in [0.5, 0.6) is 0 Å². The summed E-state index contributed by atoms with van der Waals surface area (Å²) in [6.45, 7) is 5.82. The van der Waals surface area contributed by atoms with E-state index >= 15 is 0 Å². The van der Waals surface area contributed by atoms with E-state index in [4.69, 9.17) is 0 Å². The third-order valence-electron chi connectivity index (χ3n) is 6.16. The van der Waals surface area contributed by atoms with Crippen LogP contribution in [0.25, 0.3) is 11.4 Å². The molecular formula is C26H29N7OS. The first-order valence-electron chi connectivity index (χ1n) is 11.9. The Morgan fingerprint density at radius 1 is 0.914 bits per heavy atom. The summed E-state index contributed by atoms with van der Waals surface area (Å²) in [7, 11) is 0. The molecule has 0 spiro atoms. The number of aryl methyl sites for hydroxylation is 1. The van der Waals surface area contributed by atoms with Gasteiger partial charge in [0.25, 0.3) is 0 Å². The number of rotatable bonds is 7. The second kappa shape index (κ2) is 10.4. The molecule has 5 rings (SSSR count). The molecule has 2 aromatic heterocycles. The van der Waals surface area contributed by atoms with Crippen molar-refractivity contribution in [2.24, 2.45) is 0 Å². The zero-order valence-electron chi connectivity index (χ0n) is 20.0. The van der Waals surface area contributed by atoms with Gasteiger partial charge in [0.2, 0.25) is 11.9 Å². The average molecular weight is 488 g/mol. The van der Waals surface area contributed by atoms with Gasteiger partial charge in [0, 0.05) is 13.1 Å². The number of anilines is 2. The Kier molecular flexibility index (Phi) is 6.85. The molecule has 0 unspecified atom stereocenters. The van der Waals surface area contributed by atoms with Crippen LogP contribution in [0.1, 0.15) is 30.7 Å². The van der Waals surface area contributed by atoms with Crippen molar-refractivity contribution >= 4 is 29.3 Å². The molecule has 8 nitrogen and oxygen atoms in total. The molecule has 0 radical (unpaired) electrons. The van der Waals surface area contributed by atoms with Gasteiger partial charge in [-0.15, -0.1) is 10.2 Å². The van der Waals surface area contributed by atoms with E-state index in [9.17, 15) is 4.79 Å². The molecule has 0 saturated carbocycles. The summed E-state index contributed by atoms with van der Waals surface area (Å²) < 4.78 is 3.92. The summed E-state index contributed by atoms with van der Waals surface area (Å²) in [6.07, 6.45) is 3.56. The number of carbonyl (C=O) groups excluding carboxylic acids is 1. The van der Waals surface area contributed by atoms with Crippen LogP contribution in [0.2, 0.25) is 0 Å². The van der Waals surface area contributed by atoms with E-state index in [0.717, 1.165) is 60.3 Å². The second-order valence-electron chi connectivity index (χ2n) is 8.63. The molecule has 0 atom stereocenters. The summed E-state index contributed by atoms with van der Waals surface area (Å²) in [5.74, 6) is 0.964. The number of nitrogens with one attached hydrogen (secondary N) is 1. The van der Waals surface area contributed by atoms with Crippen LogP contribution in [0.3, 0.4) is 0 Å². The van der Waals surface area contributed by atoms with Gasteiger partial charge in [-0.2, -0.15) is 5.10 Å². The molecule has 4 aromatic rings. The minimum Gasteiger partial charge on any atom is -0.341 e. The highest BCUT2D eigenvalue weighted by Crippen LogP contribution is 2.29. The first kappa shape index (κ1) is 23.2. The monoisotopic (exact) mass is 487 g/mol. The number of piperidine rings is 1. The van der Waals surface area contributed by atoms with Gasteiger partial charge in [-0.25, -0.2) is 4.68 Å². The van der Waals surface area contributed by atoms with Crippen molar-refractivity contribution in [1.82, 2.24) is 24.5 Å². The van der Waals surface area contributed by atoms with Crippen LogP contribution in [-0.4, -0.2) is 49.3 Å². The zero-order chi connectivity index (χ0) is 24.2. The Hall–Kier alpha value is -3.59. The number of thioether (sulfide) groups is 1. The number of carbonyl (C=O) groups is 1. The minimum atomic E-state index is -0.101. The SMILES string of the molecule is Cc1nn(-c2ccccc2)c(C)c1NC(=O)CSc1nnc(N2CCCCC2)n1-c1ccccc1. The summed E-state index contributed by atoms with van der Waals surface area (Å²) in [5.41, 5.74) is 4.38. The predicted octanol–water partition coefficient (Wildman–Crippen LogP) is 4.79. The largest absolute Gasteiger partial charge is 0.341 e. The van der Waals surface area contributed by atoms with E-state index in [1.54, 1.807) is 0 Å². The Balaban J connectivity index is 1.33. The maximum atomic E-state index is 13.0. The number of aromatic nitrogens is 5. The molecule has 0 bridgehead atoms. The van der Waals surface area contributed by atoms with Crippen LogP contribution < -0.4 is 10.2 Å². The molecule has 35 heavy (non-hydrogen) atoms. The van der Waals surface area contributed by atoms with Gasteiger partial charge in [0.15, 0.2) is 5.16 Å². The van der Waals surface area contributed by atoms with Gasteiger partial charge < -0.3 is 10.2 Å². The first-order chi connectivity index (χ1) is 17.1. The molecule has 1 N–H and O–H groups in total. The summed E-state index contributed by atoms with van der Waals surface area (Å²) in [5, 5.41) is 17.4. The summed E-state index contributed by atoms with van der Waals surface area (Å²) >= 11 is 1.39. The smallest absolute Gasteiger partial charge is 0.234 e. The quantitative estimate of drug-likeness (QED) is 0.378. The van der Waals surface area contributed by atoms with Crippen molar-refractivity contribution in [3.63, 3.8) is 0 Å². The molecule has 1 aliphatic rings. The van der Waals surface area contributed by atoms with Gasteiger partial charge in [-0.05, 0) is 57.4 Å². The standard InChI is InChI=1S/C26H29N7OS/c1-19-24(20(2)33(30-19)22-14-8-4-9-15-22)27-23(34)18-35-26-29-28-25(31-16-10-5-11-17-31)32(26)21-12-6-3-7-13-21/h3-4,6-9,12-15H,5,10-11,16-18H2,1-2H3,(H,27,34). The molecule has 180 valence electrons. The second-order valence-corrected chi connectivity index (χ2v) is 9.57. The van der Waals surface area contributed by atoms with E-state index in [0.29, 0.717) is 5.16 Å². The average Bonchev–Trinajstić information content (AvgIpc) is 3.45. The molecule has 1 amide bonds. The topological polar surface area (TPSA) is 80.9 Å². The van der Waals surface area contributed by atoms with Crippen molar-refractivity contribution in [1.29, 1.82) is 0 Å². The predicted molar refractivity (Wildman–Crippen MR) is 140 cm³/mol. The minimum absolute atomic E-state index is 0.101. The Labute approximate surface area is 209 Å². The first-order valence-corrected chi connectivity index (χ1v) is 12.9. The third-order valence-corrected chi connectivity index (χ3v) is 7.09. The van der Waals surface area contributed by atoms with E-state index in [1.807, 2.05) is 79.2 Å². The van der Waals surface area contributed by atoms with Crippen molar-refractivity contribution in [3.05, 3.63) is 72.1 Å². The molecule has 2 aromatic carbocycles. The van der Waals surface area contributed by atoms with E-state index in [-0.39, 0.29) is 11.7 Å². The number of benzene rings is 2. The van der Waals surface area contributed by atoms with Crippen LogP contribution in [0.4, 0.5) is 11.6 Å². The van der Waals surface area contributed by atoms with Gasteiger partial charge >= 0.3 is 0 Å². The lowest BCUT2D eigenvalue weighted by Crippen LogP contribution is -2.31. The highest BCUT2D eigenvalue weighted by Gasteiger charge is 2.22. The number of para-hydroxylation sites is 2. The summed E-state index contributed by atoms with van der Waals surface area (Å²) in [6, 6.07) is 20.0. The van der Waals surface area contributed by atoms with Gasteiger partial charge in [0.1, 0.15) is 0 Å². The molecule has 3 heterocycles. The van der Waals surface area contributed by atoms with Crippen LogP contribution in [-0.2, 0) is 4.79 Å². The zero-order valence-corrected chi connectivity index (χ0v) is 20.8. The van der Waals surface area contributed by atoms with Crippen molar-refractivity contribution in [2.45, 2.75) is 38.3 Å². The van der Waals surface area contributed by atoms with E-state index in [2.05, 4.69) is 30.1 Å². The number of amides is 1. The van der Waals surface area contributed by atoms with Crippen molar-refractivity contribution in [3.8, 4) is 11.4 Å². The van der Waals surface area contributed by atoms with Crippen LogP contribution in [0, 0.1) is 13.8 Å². The van der Waals surface area contributed by atoms with E-state index < -0.39 is 0 Å². The highest BCUT2D eigenvalue weighted by molar-refractivity contribution is 7.99. The molecule has 1 fully saturated rings. The molecule has 0 aliphatic carbocycles. The van der Waals surface area contributed by atoms with Gasteiger partial charge in [0.05, 0.1) is 34.2 Å². The molecule has 1 aliphatic heterocycles. The maximum absolute atomic E-state index is 13.0. The molecular weight excluding hydrogens is 458 g/mol. The fourth-order valence-corrected chi connectivity index (χ4v) is 5.15. The van der Waals surface area contributed by atoms with Crippen molar-refractivity contribution in [2.75, 3.05) is 29.1 Å². The lowest BCUT2D eigenvalue weighted by atomic mass is 10.1. The van der Waals surface area contributed by atoms with Crippen LogP contribution >= 0.6 is 11.8 Å². The Morgan fingerprint density at radius 3 is 2.26 bits per heavy atom. The fraction of sp³-hybridized carbons (Fsp3) is 0.308. The Morgan fingerprint density at radius 2 is 1.57 bits per heavy atom. The maximum Gasteiger partial charge on any atom is 0.234 e. The fourth-order valence-electron chi connectivity index (χ4n) is 4.41. The van der Waals surface area contributed by atoms with Crippen LogP contribution in [0.15, 0.2) is 65.8 Å². The van der Waals surface area contributed by atoms with Gasteiger partial charge in [-0.3, -0.25) is 9.36 Å². The normalized spacial score (nSPS) is 13.7. The Bertz CT molecular complexity index is 1290. The van der Waals surface area contributed by atoms with Gasteiger partial charge in [-0.1, -0.05) is 48.2 Å². The number of nitrogens with zero attached hydrogens (tertiary/aromatic N) is 6. The molecule has 1 saturated heterocycles. The molecule has 9 heteroatoms.